The van der Waals surface area contributed by atoms with Gasteiger partial charge in [0.1, 0.15) is 5.69 Å². The fraction of sp³-hybridized carbons (Fsp3) is 0.474. The lowest BCUT2D eigenvalue weighted by Crippen LogP contribution is -2.51. The molecule has 0 aliphatic carbocycles. The van der Waals surface area contributed by atoms with Crippen molar-refractivity contribution in [1.29, 1.82) is 0 Å². The van der Waals surface area contributed by atoms with Gasteiger partial charge >= 0.3 is 0 Å². The van der Waals surface area contributed by atoms with Crippen LogP contribution >= 0.6 is 0 Å². The van der Waals surface area contributed by atoms with Gasteiger partial charge in [0.15, 0.2) is 5.43 Å². The third kappa shape index (κ3) is 3.32. The molecule has 2 saturated heterocycles. The minimum absolute atomic E-state index is 0.0503. The topological polar surface area (TPSA) is 80.4 Å². The molecule has 0 saturated carbocycles. The van der Waals surface area contributed by atoms with Gasteiger partial charge in [0.25, 0.3) is 5.91 Å². The second-order valence-corrected chi connectivity index (χ2v) is 6.90. The zero-order valence-corrected chi connectivity index (χ0v) is 14.0. The van der Waals surface area contributed by atoms with Crippen molar-refractivity contribution in [1.82, 2.24) is 10.3 Å². The molecule has 6 nitrogen and oxygen atoms in total. The number of aromatic amines is 1. The van der Waals surface area contributed by atoms with Gasteiger partial charge in [-0.05, 0) is 37.8 Å². The minimum atomic E-state index is -0.239. The van der Waals surface area contributed by atoms with Crippen molar-refractivity contribution in [2.75, 3.05) is 19.8 Å². The molecule has 2 aliphatic rings. The first-order valence-electron chi connectivity index (χ1n) is 8.80. The van der Waals surface area contributed by atoms with E-state index in [9.17, 15) is 9.59 Å². The van der Waals surface area contributed by atoms with Gasteiger partial charge in [0.05, 0.1) is 5.60 Å². The van der Waals surface area contributed by atoms with E-state index in [1.807, 2.05) is 12.1 Å². The maximum atomic E-state index is 12.6. The van der Waals surface area contributed by atoms with Gasteiger partial charge in [-0.25, -0.2) is 0 Å². The van der Waals surface area contributed by atoms with Crippen molar-refractivity contribution in [3.63, 3.8) is 0 Å². The summed E-state index contributed by atoms with van der Waals surface area (Å²) in [5.41, 5.74) is 0.655. The molecule has 1 amide bonds. The largest absolute Gasteiger partial charge is 0.381 e. The Kier molecular flexibility index (Phi) is 4.31. The van der Waals surface area contributed by atoms with E-state index in [1.54, 1.807) is 12.1 Å². The fourth-order valence-corrected chi connectivity index (χ4v) is 3.83. The number of amides is 1. The number of aromatic nitrogens is 1. The molecule has 3 heterocycles. The maximum absolute atomic E-state index is 12.6. The molecule has 1 aromatic heterocycles. The summed E-state index contributed by atoms with van der Waals surface area (Å²) in [4.78, 5) is 27.9. The van der Waals surface area contributed by atoms with E-state index in [2.05, 4.69) is 10.3 Å². The molecule has 2 aliphatic heterocycles. The number of nitrogens with one attached hydrogen (secondary N) is 2. The smallest absolute Gasteiger partial charge is 0.268 e. The highest BCUT2D eigenvalue weighted by Gasteiger charge is 2.39. The second-order valence-electron chi connectivity index (χ2n) is 6.90. The van der Waals surface area contributed by atoms with E-state index >= 15 is 0 Å². The van der Waals surface area contributed by atoms with Crippen LogP contribution in [0.3, 0.4) is 0 Å². The van der Waals surface area contributed by atoms with Gasteiger partial charge in [-0.15, -0.1) is 0 Å². The van der Waals surface area contributed by atoms with Crippen molar-refractivity contribution < 1.29 is 14.3 Å². The number of rotatable bonds is 2. The number of hydrogen-bond donors (Lipinski definition) is 2. The molecule has 2 aromatic rings. The van der Waals surface area contributed by atoms with Crippen LogP contribution in [0.15, 0.2) is 35.1 Å². The van der Waals surface area contributed by atoms with E-state index in [1.165, 1.54) is 6.07 Å². The Bertz CT molecular complexity index is 833. The summed E-state index contributed by atoms with van der Waals surface area (Å²) in [6, 6.07) is 8.64. The Hall–Kier alpha value is -2.18. The van der Waals surface area contributed by atoms with Gasteiger partial charge in [-0.1, -0.05) is 12.1 Å². The number of benzene rings is 1. The number of carbonyl (C=O) groups excluding carboxylic acids is 1. The SMILES string of the molecule is O=C(NC1CCOC2(CCOCC2)C1)c1cc(=O)c2ccccc2[nH]1. The lowest BCUT2D eigenvalue weighted by atomic mass is 9.84. The molecule has 0 radical (unpaired) electrons. The summed E-state index contributed by atoms with van der Waals surface area (Å²) in [6.07, 6.45) is 3.31. The van der Waals surface area contributed by atoms with Crippen LogP contribution in [0.2, 0.25) is 0 Å². The summed E-state index contributed by atoms with van der Waals surface area (Å²) in [6.45, 7) is 2.05. The van der Waals surface area contributed by atoms with Crippen LogP contribution in [-0.4, -0.2) is 42.4 Å². The summed E-state index contributed by atoms with van der Waals surface area (Å²) in [5.74, 6) is -0.239. The van der Waals surface area contributed by atoms with Crippen molar-refractivity contribution in [3.05, 3.63) is 46.2 Å². The minimum Gasteiger partial charge on any atom is -0.381 e. The average Bonchev–Trinajstić information content (AvgIpc) is 2.62. The normalized spacial score (nSPS) is 22.8. The van der Waals surface area contributed by atoms with E-state index in [0.717, 1.165) is 25.7 Å². The highest BCUT2D eigenvalue weighted by Crippen LogP contribution is 2.34. The van der Waals surface area contributed by atoms with Crippen molar-refractivity contribution >= 4 is 16.8 Å². The summed E-state index contributed by atoms with van der Waals surface area (Å²) in [5, 5.41) is 3.66. The molecule has 25 heavy (non-hydrogen) atoms. The first-order chi connectivity index (χ1) is 12.2. The second kappa shape index (κ2) is 6.61. The van der Waals surface area contributed by atoms with Crippen molar-refractivity contribution in [2.24, 2.45) is 0 Å². The molecule has 1 spiro atoms. The molecule has 1 atom stereocenters. The van der Waals surface area contributed by atoms with Crippen LogP contribution in [0.5, 0.6) is 0 Å². The highest BCUT2D eigenvalue weighted by molar-refractivity contribution is 5.95. The van der Waals surface area contributed by atoms with Gasteiger partial charge < -0.3 is 19.8 Å². The molecule has 0 bridgehead atoms. The summed E-state index contributed by atoms with van der Waals surface area (Å²) >= 11 is 0. The molecule has 6 heteroatoms. The summed E-state index contributed by atoms with van der Waals surface area (Å²) < 4.78 is 11.4. The van der Waals surface area contributed by atoms with E-state index in [0.29, 0.717) is 36.4 Å². The molecule has 1 aromatic carbocycles. The third-order valence-electron chi connectivity index (χ3n) is 5.21. The monoisotopic (exact) mass is 342 g/mol. The lowest BCUT2D eigenvalue weighted by Gasteiger charge is -2.43. The van der Waals surface area contributed by atoms with Gasteiger partial charge in [-0.3, -0.25) is 9.59 Å². The van der Waals surface area contributed by atoms with E-state index in [4.69, 9.17) is 9.47 Å². The van der Waals surface area contributed by atoms with Crippen molar-refractivity contribution in [2.45, 2.75) is 37.3 Å². The Balaban J connectivity index is 1.51. The van der Waals surface area contributed by atoms with Crippen LogP contribution < -0.4 is 10.7 Å². The van der Waals surface area contributed by atoms with Crippen molar-refractivity contribution in [3.8, 4) is 0 Å². The first-order valence-corrected chi connectivity index (χ1v) is 8.80. The van der Waals surface area contributed by atoms with E-state index in [-0.39, 0.29) is 23.0 Å². The number of ether oxygens (including phenoxy) is 2. The Labute approximate surface area is 145 Å². The quantitative estimate of drug-likeness (QED) is 0.875. The van der Waals surface area contributed by atoms with E-state index < -0.39 is 0 Å². The van der Waals surface area contributed by atoms with Crippen LogP contribution in [0.4, 0.5) is 0 Å². The Morgan fingerprint density at radius 1 is 1.20 bits per heavy atom. The predicted molar refractivity (Wildman–Crippen MR) is 93.8 cm³/mol. The molecule has 132 valence electrons. The number of carbonyl (C=O) groups is 1. The molecule has 2 N–H and O–H groups in total. The first kappa shape index (κ1) is 16.3. The standard InChI is InChI=1S/C19H22N2O4/c22-17-11-16(21-15-4-2-1-3-14(15)17)18(23)20-13-5-8-25-19(12-13)6-9-24-10-7-19/h1-4,11,13H,5-10,12H2,(H,20,23)(H,21,22). The van der Waals surface area contributed by atoms with Gasteiger partial charge in [0, 0.05) is 42.8 Å². The van der Waals surface area contributed by atoms with Gasteiger partial charge in [-0.2, -0.15) is 0 Å². The van der Waals surface area contributed by atoms with Gasteiger partial charge in [0.2, 0.25) is 0 Å². The number of para-hydroxylation sites is 1. The fourth-order valence-electron chi connectivity index (χ4n) is 3.83. The lowest BCUT2D eigenvalue weighted by molar-refractivity contribution is -0.139. The zero-order chi connectivity index (χ0) is 17.3. The highest BCUT2D eigenvalue weighted by atomic mass is 16.5. The molecule has 4 rings (SSSR count). The Morgan fingerprint density at radius 3 is 2.84 bits per heavy atom. The number of pyridine rings is 1. The van der Waals surface area contributed by atoms with Crippen LogP contribution in [0.1, 0.15) is 36.2 Å². The Morgan fingerprint density at radius 2 is 2.00 bits per heavy atom. The molecular weight excluding hydrogens is 320 g/mol. The number of hydrogen-bond acceptors (Lipinski definition) is 4. The third-order valence-corrected chi connectivity index (χ3v) is 5.21. The predicted octanol–water partition coefficient (Wildman–Crippen LogP) is 1.99. The average molecular weight is 342 g/mol. The zero-order valence-electron chi connectivity index (χ0n) is 14.0. The van der Waals surface area contributed by atoms with Crippen LogP contribution in [0.25, 0.3) is 10.9 Å². The number of H-pyrrole nitrogens is 1. The summed E-state index contributed by atoms with van der Waals surface area (Å²) in [7, 11) is 0. The van der Waals surface area contributed by atoms with Crippen LogP contribution in [-0.2, 0) is 9.47 Å². The number of fused-ring (bicyclic) bond motifs is 1. The van der Waals surface area contributed by atoms with Crippen LogP contribution in [0, 0.1) is 0 Å². The molecule has 1 unspecified atom stereocenters. The molecule has 2 fully saturated rings. The molecular formula is C19H22N2O4. The maximum Gasteiger partial charge on any atom is 0.268 e.